The molecule has 0 saturated carbocycles. The molecule has 0 atom stereocenters. The van der Waals surface area contributed by atoms with E-state index >= 15 is 0 Å². The monoisotopic (exact) mass is 401 g/mol. The maximum Gasteiger partial charge on any atom is 0.408 e. The molecule has 0 bridgehead atoms. The lowest BCUT2D eigenvalue weighted by molar-refractivity contribution is 0.0474. The van der Waals surface area contributed by atoms with Crippen LogP contribution in [0, 0.1) is 0 Å². The number of guanidine groups is 1. The normalized spacial score (nSPS) is 12.4. The average molecular weight is 402 g/mol. The first-order valence-electron chi connectivity index (χ1n) is 9.55. The minimum Gasteiger partial charge on any atom is -0.444 e. The molecule has 0 fully saturated rings. The maximum absolute atomic E-state index is 12.0. The molecule has 1 amide bonds. The van der Waals surface area contributed by atoms with Crippen molar-refractivity contribution in [1.82, 2.24) is 21.1 Å². The second-order valence-electron chi connectivity index (χ2n) is 8.34. The van der Waals surface area contributed by atoms with Gasteiger partial charge in [0.25, 0.3) is 0 Å². The van der Waals surface area contributed by atoms with Gasteiger partial charge in [0.1, 0.15) is 11.3 Å². The molecule has 0 aliphatic carbocycles. The lowest BCUT2D eigenvalue weighted by Crippen LogP contribution is -2.54. The Morgan fingerprint density at radius 3 is 2.45 bits per heavy atom. The lowest BCUT2D eigenvalue weighted by atomic mass is 10.1. The van der Waals surface area contributed by atoms with E-state index in [1.165, 1.54) is 0 Å². The van der Waals surface area contributed by atoms with E-state index in [1.54, 1.807) is 7.05 Å². The number of carbonyl (C=O) groups is 1. The molecular weight excluding hydrogens is 370 g/mol. The molecule has 1 aromatic heterocycles. The van der Waals surface area contributed by atoms with Gasteiger partial charge in [-0.05, 0) is 34.6 Å². The molecule has 1 aromatic carbocycles. The van der Waals surface area contributed by atoms with Gasteiger partial charge >= 0.3 is 6.09 Å². The summed E-state index contributed by atoms with van der Waals surface area (Å²) in [6.07, 6.45) is -0.455. The Morgan fingerprint density at radius 1 is 1.14 bits per heavy atom. The number of hydrogen-bond donors (Lipinski definition) is 3. The minimum atomic E-state index is -0.540. The molecule has 3 N–H and O–H groups in total. The molecule has 2 rings (SSSR count). The number of rotatable bonds is 6. The van der Waals surface area contributed by atoms with Crippen molar-refractivity contribution in [3.05, 3.63) is 42.1 Å². The highest BCUT2D eigenvalue weighted by atomic mass is 16.6. The van der Waals surface area contributed by atoms with Crippen molar-refractivity contribution in [1.29, 1.82) is 0 Å². The summed E-state index contributed by atoms with van der Waals surface area (Å²) in [7, 11) is 1.68. The number of ether oxygens (including phenoxy) is 1. The molecular formula is C21H31N5O3. The van der Waals surface area contributed by atoms with E-state index in [1.807, 2.05) is 71.0 Å². The topological polar surface area (TPSA) is 101 Å². The summed E-state index contributed by atoms with van der Waals surface area (Å²) in [5.41, 5.74) is 0.664. The van der Waals surface area contributed by atoms with Gasteiger partial charge < -0.3 is 25.2 Å². The standard InChI is InChI=1S/C21H31N5O3/c1-20(2,3)28-19(27)25-21(4,5)14-24-18(22-6)23-13-16-12-17(29-26-16)15-10-8-7-9-11-15/h7-12H,13-14H2,1-6H3,(H,25,27)(H2,22,23,24). The Bertz CT molecular complexity index is 822. The zero-order valence-electron chi connectivity index (χ0n) is 18.0. The summed E-state index contributed by atoms with van der Waals surface area (Å²) in [4.78, 5) is 16.2. The van der Waals surface area contributed by atoms with Crippen molar-refractivity contribution in [3.8, 4) is 11.3 Å². The van der Waals surface area contributed by atoms with Gasteiger partial charge in [0.2, 0.25) is 0 Å². The fourth-order valence-corrected chi connectivity index (χ4v) is 2.46. The van der Waals surface area contributed by atoms with Crippen LogP contribution in [0.1, 0.15) is 40.3 Å². The Hall–Kier alpha value is -3.03. The van der Waals surface area contributed by atoms with Crippen LogP contribution in [0.25, 0.3) is 11.3 Å². The minimum absolute atomic E-state index is 0.454. The van der Waals surface area contributed by atoms with Crippen molar-refractivity contribution in [2.24, 2.45) is 4.99 Å². The zero-order valence-corrected chi connectivity index (χ0v) is 18.0. The zero-order chi connectivity index (χ0) is 21.5. The number of aliphatic imine (C=N–C) groups is 1. The van der Waals surface area contributed by atoms with E-state index < -0.39 is 17.2 Å². The molecule has 0 saturated heterocycles. The third kappa shape index (κ3) is 7.85. The fraction of sp³-hybridized carbons (Fsp3) is 0.476. The van der Waals surface area contributed by atoms with Gasteiger partial charge in [-0.25, -0.2) is 4.79 Å². The van der Waals surface area contributed by atoms with Gasteiger partial charge in [-0.1, -0.05) is 35.5 Å². The highest BCUT2D eigenvalue weighted by Gasteiger charge is 2.24. The van der Waals surface area contributed by atoms with Crippen LogP contribution in [0.3, 0.4) is 0 Å². The summed E-state index contributed by atoms with van der Waals surface area (Å²) in [6.45, 7) is 10.2. The number of aromatic nitrogens is 1. The van der Waals surface area contributed by atoms with Crippen LogP contribution in [0.4, 0.5) is 4.79 Å². The SMILES string of the molecule is CN=C(NCc1cc(-c2ccccc2)on1)NCC(C)(C)NC(=O)OC(C)(C)C. The molecule has 2 aromatic rings. The number of benzene rings is 1. The number of alkyl carbamates (subject to hydrolysis) is 1. The van der Waals surface area contributed by atoms with E-state index in [9.17, 15) is 4.79 Å². The van der Waals surface area contributed by atoms with Crippen molar-refractivity contribution >= 4 is 12.1 Å². The van der Waals surface area contributed by atoms with Gasteiger partial charge in [-0.15, -0.1) is 0 Å². The van der Waals surface area contributed by atoms with Gasteiger partial charge in [-0.2, -0.15) is 0 Å². The first kappa shape index (κ1) is 22.3. The number of amides is 1. The van der Waals surface area contributed by atoms with Crippen LogP contribution < -0.4 is 16.0 Å². The van der Waals surface area contributed by atoms with Gasteiger partial charge in [-0.3, -0.25) is 4.99 Å². The quantitative estimate of drug-likeness (QED) is 0.507. The summed E-state index contributed by atoms with van der Waals surface area (Å²) in [5.74, 6) is 1.31. The van der Waals surface area contributed by atoms with Crippen molar-refractivity contribution in [3.63, 3.8) is 0 Å². The summed E-state index contributed by atoms with van der Waals surface area (Å²) >= 11 is 0. The van der Waals surface area contributed by atoms with E-state index in [2.05, 4.69) is 26.1 Å². The van der Waals surface area contributed by atoms with Crippen LogP contribution in [0.15, 0.2) is 45.9 Å². The van der Waals surface area contributed by atoms with Crippen molar-refractivity contribution in [2.45, 2.75) is 52.3 Å². The van der Waals surface area contributed by atoms with Crippen LogP contribution in [0.5, 0.6) is 0 Å². The maximum atomic E-state index is 12.0. The predicted molar refractivity (Wildman–Crippen MR) is 114 cm³/mol. The van der Waals surface area contributed by atoms with Crippen LogP contribution in [0.2, 0.25) is 0 Å². The molecule has 0 aliphatic rings. The number of carbonyl (C=O) groups excluding carboxylic acids is 1. The molecule has 0 unspecified atom stereocenters. The molecule has 1 heterocycles. The highest BCUT2D eigenvalue weighted by molar-refractivity contribution is 5.79. The molecule has 0 radical (unpaired) electrons. The Balaban J connectivity index is 1.83. The molecule has 158 valence electrons. The molecule has 29 heavy (non-hydrogen) atoms. The van der Waals surface area contributed by atoms with Gasteiger partial charge in [0.05, 0.1) is 12.1 Å². The van der Waals surface area contributed by atoms with E-state index in [4.69, 9.17) is 9.26 Å². The van der Waals surface area contributed by atoms with Gasteiger partial charge in [0.15, 0.2) is 11.7 Å². The number of nitrogens with zero attached hydrogens (tertiary/aromatic N) is 2. The average Bonchev–Trinajstić information content (AvgIpc) is 3.09. The first-order chi connectivity index (χ1) is 13.6. The number of nitrogens with one attached hydrogen (secondary N) is 3. The van der Waals surface area contributed by atoms with E-state index in [0.717, 1.165) is 11.3 Å². The number of hydrogen-bond acceptors (Lipinski definition) is 5. The fourth-order valence-electron chi connectivity index (χ4n) is 2.46. The summed E-state index contributed by atoms with van der Waals surface area (Å²) in [6, 6.07) is 11.7. The third-order valence-corrected chi connectivity index (χ3v) is 3.81. The van der Waals surface area contributed by atoms with Crippen molar-refractivity contribution < 1.29 is 14.1 Å². The Kier molecular flexibility index (Phi) is 7.25. The van der Waals surface area contributed by atoms with Crippen molar-refractivity contribution in [2.75, 3.05) is 13.6 Å². The molecule has 8 nitrogen and oxygen atoms in total. The highest BCUT2D eigenvalue weighted by Crippen LogP contribution is 2.19. The summed E-state index contributed by atoms with van der Waals surface area (Å²) in [5, 5.41) is 13.3. The van der Waals surface area contributed by atoms with Gasteiger partial charge in [0, 0.05) is 25.2 Å². The molecule has 8 heteroatoms. The lowest BCUT2D eigenvalue weighted by Gasteiger charge is -2.29. The second-order valence-corrected chi connectivity index (χ2v) is 8.34. The van der Waals surface area contributed by atoms with E-state index in [0.29, 0.717) is 24.8 Å². The Morgan fingerprint density at radius 2 is 1.83 bits per heavy atom. The van der Waals surface area contributed by atoms with Crippen LogP contribution in [-0.4, -0.2) is 41.9 Å². The largest absolute Gasteiger partial charge is 0.444 e. The van der Waals surface area contributed by atoms with E-state index in [-0.39, 0.29) is 0 Å². The van der Waals surface area contributed by atoms with Crippen LogP contribution in [-0.2, 0) is 11.3 Å². The smallest absolute Gasteiger partial charge is 0.408 e. The Labute approximate surface area is 172 Å². The third-order valence-electron chi connectivity index (χ3n) is 3.81. The second kappa shape index (κ2) is 9.45. The van der Waals surface area contributed by atoms with Crippen LogP contribution >= 0.6 is 0 Å². The summed E-state index contributed by atoms with van der Waals surface area (Å²) < 4.78 is 10.7. The predicted octanol–water partition coefficient (Wildman–Crippen LogP) is 3.31. The first-order valence-corrected chi connectivity index (χ1v) is 9.55. The molecule has 0 spiro atoms. The molecule has 0 aliphatic heterocycles.